The first kappa shape index (κ1) is 24.1. The van der Waals surface area contributed by atoms with E-state index >= 15 is 0 Å². The fourth-order valence-electron chi connectivity index (χ4n) is 5.19. The maximum atomic E-state index is 14.2. The molecule has 2 aromatic carbocycles. The molecule has 1 atom stereocenters. The monoisotopic (exact) mass is 491 g/mol. The van der Waals surface area contributed by atoms with Crippen LogP contribution < -0.4 is 4.90 Å². The van der Waals surface area contributed by atoms with Crippen LogP contribution in [0, 0.1) is 5.82 Å². The number of hydrogen-bond acceptors (Lipinski definition) is 5. The van der Waals surface area contributed by atoms with Crippen LogP contribution in [-0.2, 0) is 11.2 Å². The van der Waals surface area contributed by atoms with Gasteiger partial charge in [-0.2, -0.15) is 0 Å². The summed E-state index contributed by atoms with van der Waals surface area (Å²) in [5.41, 5.74) is 1.89. The highest BCUT2D eigenvalue weighted by Crippen LogP contribution is 2.22. The second kappa shape index (κ2) is 10.2. The van der Waals surface area contributed by atoms with E-state index in [0.717, 1.165) is 31.8 Å². The fraction of sp³-hybridized carbons (Fsp3) is 0.407. The van der Waals surface area contributed by atoms with E-state index < -0.39 is 6.04 Å². The zero-order valence-electron chi connectivity index (χ0n) is 20.8. The Hall–Kier alpha value is -3.59. The van der Waals surface area contributed by atoms with Crippen molar-refractivity contribution in [3.05, 3.63) is 66.0 Å². The molecule has 5 rings (SSSR count). The zero-order chi connectivity index (χ0) is 25.2. The number of benzene rings is 2. The predicted molar refractivity (Wildman–Crippen MR) is 137 cm³/mol. The molecule has 0 bridgehead atoms. The molecule has 0 N–H and O–H groups in total. The largest absolute Gasteiger partial charge is 0.367 e. The number of aliphatic imine (C=N–C) groups is 1. The molecule has 2 saturated heterocycles. The number of para-hydroxylation sites is 1. The van der Waals surface area contributed by atoms with Crippen molar-refractivity contribution in [2.75, 3.05) is 58.3 Å². The first-order chi connectivity index (χ1) is 17.4. The molecule has 3 aliphatic rings. The number of fused-ring (bicyclic) bond motifs is 1. The number of nitrogens with zero attached hydrogens (tertiary/aromatic N) is 6. The Morgan fingerprint density at radius 1 is 0.944 bits per heavy atom. The van der Waals surface area contributed by atoms with Gasteiger partial charge in [0, 0.05) is 40.3 Å². The predicted octanol–water partition coefficient (Wildman–Crippen LogP) is 2.30. The summed E-state index contributed by atoms with van der Waals surface area (Å²) in [6, 6.07) is 16.2. The van der Waals surface area contributed by atoms with Crippen molar-refractivity contribution in [2.45, 2.75) is 18.9 Å². The van der Waals surface area contributed by atoms with Gasteiger partial charge in [-0.1, -0.05) is 42.5 Å². The Kier molecular flexibility index (Phi) is 6.82. The molecule has 9 heteroatoms. The lowest BCUT2D eigenvalue weighted by molar-refractivity contribution is -0.536. The number of likely N-dealkylation sites (N-methyl/N-ethyl adjacent to an activating group) is 2. The van der Waals surface area contributed by atoms with E-state index in [0.29, 0.717) is 37.7 Å². The number of piperazine rings is 1. The highest BCUT2D eigenvalue weighted by molar-refractivity contribution is 6.23. The van der Waals surface area contributed by atoms with Crippen LogP contribution in [-0.4, -0.2) is 102 Å². The van der Waals surface area contributed by atoms with Crippen molar-refractivity contribution < 1.29 is 18.6 Å². The molecule has 36 heavy (non-hydrogen) atoms. The van der Waals surface area contributed by atoms with Gasteiger partial charge in [-0.05, 0) is 35.5 Å². The van der Waals surface area contributed by atoms with Gasteiger partial charge < -0.3 is 4.90 Å². The van der Waals surface area contributed by atoms with Crippen LogP contribution in [0.5, 0.6) is 0 Å². The summed E-state index contributed by atoms with van der Waals surface area (Å²) < 4.78 is 16.3. The van der Waals surface area contributed by atoms with Gasteiger partial charge in [0.2, 0.25) is 0 Å². The van der Waals surface area contributed by atoms with E-state index in [2.05, 4.69) is 26.5 Å². The highest BCUT2D eigenvalue weighted by atomic mass is 19.1. The first-order valence-corrected chi connectivity index (χ1v) is 12.5. The van der Waals surface area contributed by atoms with Gasteiger partial charge in [0.1, 0.15) is 12.4 Å². The van der Waals surface area contributed by atoms with E-state index in [1.165, 1.54) is 28.5 Å². The molecule has 0 aromatic heterocycles. The lowest BCUT2D eigenvalue weighted by atomic mass is 10.1. The molecule has 3 heterocycles. The summed E-state index contributed by atoms with van der Waals surface area (Å²) in [5.74, 6) is 0.871. The molecular formula is C27H32FN6O2+. The van der Waals surface area contributed by atoms with Crippen molar-refractivity contribution in [3.63, 3.8) is 0 Å². The summed E-state index contributed by atoms with van der Waals surface area (Å²) in [6.45, 7) is 4.18. The van der Waals surface area contributed by atoms with E-state index in [-0.39, 0.29) is 17.8 Å². The maximum absolute atomic E-state index is 14.2. The Bertz CT molecular complexity index is 1210. The summed E-state index contributed by atoms with van der Waals surface area (Å²) in [5, 5.41) is 0. The molecular weight excluding hydrogens is 459 g/mol. The van der Waals surface area contributed by atoms with E-state index in [9.17, 15) is 14.0 Å². The van der Waals surface area contributed by atoms with Crippen molar-refractivity contribution in [3.8, 4) is 0 Å². The van der Waals surface area contributed by atoms with Crippen molar-refractivity contribution in [1.82, 2.24) is 14.7 Å². The van der Waals surface area contributed by atoms with Gasteiger partial charge in [0.15, 0.2) is 0 Å². The number of imide groups is 1. The van der Waals surface area contributed by atoms with E-state index in [1.54, 1.807) is 13.1 Å². The second-order valence-electron chi connectivity index (χ2n) is 9.52. The van der Waals surface area contributed by atoms with Gasteiger partial charge in [0.25, 0.3) is 17.8 Å². The number of rotatable bonds is 7. The molecule has 3 aliphatic heterocycles. The number of carbonyl (C=O) groups excluding carboxylic acids is 2. The summed E-state index contributed by atoms with van der Waals surface area (Å²) >= 11 is 0. The topological polar surface area (TPSA) is 62.5 Å². The molecule has 188 valence electrons. The third-order valence-corrected chi connectivity index (χ3v) is 7.25. The van der Waals surface area contributed by atoms with Gasteiger partial charge in [-0.25, -0.2) is 13.8 Å². The summed E-state index contributed by atoms with van der Waals surface area (Å²) in [7, 11) is 3.20. The standard InChI is InChI=1S/C27H32FN6O2/c1-30-25-24(26(35)31(2)27(30)36)34(14-8-11-20-9-4-3-5-10-20)23(29-25)19-32-15-17-33(18-16-32)22-13-7-6-12-21(22)28/h3-7,9-10,12-13,24H,8,11,14-19H2,1-2H3/q+1. The van der Waals surface area contributed by atoms with Crippen LogP contribution in [0.25, 0.3) is 0 Å². The third-order valence-electron chi connectivity index (χ3n) is 7.25. The number of anilines is 1. The van der Waals surface area contributed by atoms with Crippen LogP contribution in [0.1, 0.15) is 12.0 Å². The second-order valence-corrected chi connectivity index (χ2v) is 9.52. The number of aryl methyl sites for hydroxylation is 1. The molecule has 3 amide bonds. The SMILES string of the molecule is CN1C(=O)C2C(=NC(CN3CCN(c4ccccc4F)CC3)=[N+]2CCCc2ccccc2)N(C)C1=O. The van der Waals surface area contributed by atoms with Crippen LogP contribution >= 0.6 is 0 Å². The zero-order valence-corrected chi connectivity index (χ0v) is 20.8. The number of halogens is 1. The van der Waals surface area contributed by atoms with Crippen LogP contribution in [0.15, 0.2) is 59.6 Å². The Morgan fingerprint density at radius 2 is 1.64 bits per heavy atom. The Balaban J connectivity index is 1.32. The summed E-state index contributed by atoms with van der Waals surface area (Å²) in [4.78, 5) is 37.6. The molecule has 0 spiro atoms. The lowest BCUT2D eigenvalue weighted by Gasteiger charge is -2.35. The molecule has 2 aromatic rings. The first-order valence-electron chi connectivity index (χ1n) is 12.5. The van der Waals surface area contributed by atoms with Gasteiger partial charge in [0.05, 0.1) is 12.2 Å². The average Bonchev–Trinajstić information content (AvgIpc) is 3.26. The number of urea groups is 1. The van der Waals surface area contributed by atoms with Crippen molar-refractivity contribution >= 4 is 29.3 Å². The molecule has 0 aliphatic carbocycles. The minimum atomic E-state index is -0.580. The molecule has 2 fully saturated rings. The number of carbonyl (C=O) groups is 2. The Labute approximate surface area is 210 Å². The quantitative estimate of drug-likeness (QED) is 0.558. The van der Waals surface area contributed by atoms with Crippen LogP contribution in [0.4, 0.5) is 14.9 Å². The van der Waals surface area contributed by atoms with Gasteiger partial charge >= 0.3 is 11.9 Å². The summed E-state index contributed by atoms with van der Waals surface area (Å²) in [6.07, 6.45) is 1.76. The number of amides is 3. The minimum absolute atomic E-state index is 0.202. The van der Waals surface area contributed by atoms with Crippen molar-refractivity contribution in [1.29, 1.82) is 0 Å². The van der Waals surface area contributed by atoms with E-state index in [1.807, 2.05) is 30.3 Å². The number of hydrogen-bond donors (Lipinski definition) is 0. The highest BCUT2D eigenvalue weighted by Gasteiger charge is 2.52. The van der Waals surface area contributed by atoms with Crippen molar-refractivity contribution in [2.24, 2.45) is 4.99 Å². The Morgan fingerprint density at radius 3 is 2.36 bits per heavy atom. The normalized spacial score (nSPS) is 20.8. The minimum Gasteiger partial charge on any atom is -0.367 e. The van der Waals surface area contributed by atoms with E-state index in [4.69, 9.17) is 4.99 Å². The fourth-order valence-corrected chi connectivity index (χ4v) is 5.19. The number of amidine groups is 2. The molecule has 0 radical (unpaired) electrons. The maximum Gasteiger partial charge on any atom is 0.333 e. The molecule has 1 unspecified atom stereocenters. The lowest BCUT2D eigenvalue weighted by Crippen LogP contribution is -2.61. The molecule has 0 saturated carbocycles. The average molecular weight is 492 g/mol. The van der Waals surface area contributed by atoms with Crippen LogP contribution in [0.3, 0.4) is 0 Å². The van der Waals surface area contributed by atoms with Gasteiger partial charge in [-0.15, -0.1) is 0 Å². The van der Waals surface area contributed by atoms with Gasteiger partial charge in [-0.3, -0.25) is 19.5 Å². The third kappa shape index (κ3) is 4.63. The van der Waals surface area contributed by atoms with Crippen LogP contribution in [0.2, 0.25) is 0 Å². The molecule has 8 nitrogen and oxygen atoms in total. The smallest absolute Gasteiger partial charge is 0.333 e.